The summed E-state index contributed by atoms with van der Waals surface area (Å²) in [5, 5.41) is 8.11. The lowest BCUT2D eigenvalue weighted by atomic mass is 10.1. The minimum absolute atomic E-state index is 0.0884. The summed E-state index contributed by atoms with van der Waals surface area (Å²) < 4.78 is 44.3. The van der Waals surface area contributed by atoms with Gasteiger partial charge in [-0.05, 0) is 29.8 Å². The van der Waals surface area contributed by atoms with Crippen LogP contribution in [-0.2, 0) is 12.6 Å². The smallest absolute Gasteiger partial charge is 0.416 e. The van der Waals surface area contributed by atoms with Crippen LogP contribution in [0.1, 0.15) is 16.8 Å². The van der Waals surface area contributed by atoms with Crippen LogP contribution in [0.5, 0.6) is 0 Å². The highest BCUT2D eigenvalue weighted by Gasteiger charge is 2.30. The van der Waals surface area contributed by atoms with Crippen LogP contribution in [0.25, 0.3) is 23.0 Å². The van der Waals surface area contributed by atoms with Gasteiger partial charge >= 0.3 is 6.18 Å². The third-order valence-electron chi connectivity index (χ3n) is 3.96. The summed E-state index contributed by atoms with van der Waals surface area (Å²) in [6, 6.07) is 8.43. The number of nitrogens with zero attached hydrogens (tertiary/aromatic N) is 5. The maximum Gasteiger partial charge on any atom is 0.416 e. The summed E-state index contributed by atoms with van der Waals surface area (Å²) in [5.74, 6) is 0.324. The molecule has 0 spiro atoms. The molecule has 6 nitrogen and oxygen atoms in total. The fourth-order valence-corrected chi connectivity index (χ4v) is 2.64. The standard InChI is InChI=1S/C19H12F3N5O/c20-19(21,22)14-3-1-2-13(11-14)17-25-15(10-12-4-6-23-7-5-12)16(26-27-17)18-24-8-9-28-18/h1-9,11H,10H2. The normalized spacial score (nSPS) is 11.5. The number of hydrogen-bond acceptors (Lipinski definition) is 6. The van der Waals surface area contributed by atoms with Crippen LogP contribution >= 0.6 is 0 Å². The highest BCUT2D eigenvalue weighted by atomic mass is 19.4. The Hall–Kier alpha value is -3.62. The molecule has 0 bridgehead atoms. The molecule has 0 atom stereocenters. The lowest BCUT2D eigenvalue weighted by molar-refractivity contribution is -0.137. The molecule has 3 aromatic heterocycles. The van der Waals surface area contributed by atoms with E-state index < -0.39 is 11.7 Å². The molecule has 9 heteroatoms. The van der Waals surface area contributed by atoms with Crippen LogP contribution in [0.2, 0.25) is 0 Å². The predicted octanol–water partition coefficient (Wildman–Crippen LogP) is 4.20. The Morgan fingerprint density at radius 2 is 1.79 bits per heavy atom. The van der Waals surface area contributed by atoms with Gasteiger partial charge in [0.2, 0.25) is 5.89 Å². The largest absolute Gasteiger partial charge is 0.443 e. The van der Waals surface area contributed by atoms with E-state index in [0.29, 0.717) is 17.8 Å². The molecule has 0 amide bonds. The summed E-state index contributed by atoms with van der Waals surface area (Å²) in [4.78, 5) is 12.5. The Morgan fingerprint density at radius 3 is 2.50 bits per heavy atom. The third kappa shape index (κ3) is 3.73. The van der Waals surface area contributed by atoms with Crippen molar-refractivity contribution in [2.24, 2.45) is 0 Å². The van der Waals surface area contributed by atoms with Gasteiger partial charge in [-0.3, -0.25) is 4.98 Å². The first-order chi connectivity index (χ1) is 13.5. The SMILES string of the molecule is FC(F)(F)c1cccc(-c2nnc(-c3ncco3)c(Cc3ccncc3)n2)c1. The number of pyridine rings is 1. The second kappa shape index (κ2) is 7.18. The van der Waals surface area contributed by atoms with Gasteiger partial charge in [0.15, 0.2) is 11.5 Å². The average molecular weight is 383 g/mol. The number of hydrogen-bond donors (Lipinski definition) is 0. The molecule has 1 aromatic carbocycles. The molecular weight excluding hydrogens is 371 g/mol. The van der Waals surface area contributed by atoms with E-state index in [-0.39, 0.29) is 17.3 Å². The molecule has 140 valence electrons. The molecule has 0 unspecified atom stereocenters. The van der Waals surface area contributed by atoms with E-state index in [1.54, 1.807) is 12.4 Å². The van der Waals surface area contributed by atoms with Gasteiger partial charge in [-0.15, -0.1) is 10.2 Å². The molecule has 0 aliphatic rings. The third-order valence-corrected chi connectivity index (χ3v) is 3.96. The van der Waals surface area contributed by atoms with Gasteiger partial charge in [0.1, 0.15) is 6.26 Å². The molecule has 0 aliphatic heterocycles. The first-order valence-electron chi connectivity index (χ1n) is 8.21. The van der Waals surface area contributed by atoms with E-state index in [4.69, 9.17) is 4.42 Å². The van der Waals surface area contributed by atoms with Crippen molar-refractivity contribution < 1.29 is 17.6 Å². The molecule has 28 heavy (non-hydrogen) atoms. The van der Waals surface area contributed by atoms with Crippen molar-refractivity contribution in [1.82, 2.24) is 25.1 Å². The number of benzene rings is 1. The molecule has 3 heterocycles. The summed E-state index contributed by atoms with van der Waals surface area (Å²) in [6.45, 7) is 0. The Balaban J connectivity index is 1.79. The molecular formula is C19H12F3N5O. The van der Waals surface area contributed by atoms with Gasteiger partial charge in [0, 0.05) is 24.4 Å². The van der Waals surface area contributed by atoms with Crippen molar-refractivity contribution in [1.29, 1.82) is 0 Å². The maximum absolute atomic E-state index is 13.0. The Kier molecular flexibility index (Phi) is 4.56. The fourth-order valence-electron chi connectivity index (χ4n) is 2.64. The topological polar surface area (TPSA) is 77.6 Å². The molecule has 0 aliphatic carbocycles. The van der Waals surface area contributed by atoms with E-state index >= 15 is 0 Å². The summed E-state index contributed by atoms with van der Waals surface area (Å²) in [5.41, 5.74) is 1.16. The van der Waals surface area contributed by atoms with Crippen molar-refractivity contribution in [3.63, 3.8) is 0 Å². The highest BCUT2D eigenvalue weighted by molar-refractivity contribution is 5.59. The zero-order chi connectivity index (χ0) is 19.6. The van der Waals surface area contributed by atoms with E-state index in [1.807, 2.05) is 12.1 Å². The monoisotopic (exact) mass is 383 g/mol. The average Bonchev–Trinajstić information content (AvgIpc) is 3.23. The van der Waals surface area contributed by atoms with Gasteiger partial charge < -0.3 is 4.42 Å². The fraction of sp³-hybridized carbons (Fsp3) is 0.105. The predicted molar refractivity (Wildman–Crippen MR) is 92.8 cm³/mol. The van der Waals surface area contributed by atoms with Crippen molar-refractivity contribution in [3.05, 3.63) is 78.1 Å². The Labute approximate surface area is 157 Å². The number of halogens is 3. The van der Waals surface area contributed by atoms with E-state index in [1.165, 1.54) is 24.6 Å². The Bertz CT molecular complexity index is 1080. The first-order valence-corrected chi connectivity index (χ1v) is 8.21. The number of oxazole rings is 1. The molecule has 0 N–H and O–H groups in total. The molecule has 4 rings (SSSR count). The summed E-state index contributed by atoms with van der Waals surface area (Å²) in [6.07, 6.45) is 2.05. The minimum atomic E-state index is -4.46. The second-order valence-electron chi connectivity index (χ2n) is 5.88. The molecule has 0 radical (unpaired) electrons. The lowest BCUT2D eigenvalue weighted by Gasteiger charge is -2.10. The van der Waals surface area contributed by atoms with Crippen LogP contribution in [0.15, 0.2) is 65.7 Å². The van der Waals surface area contributed by atoms with Crippen LogP contribution in [-0.4, -0.2) is 25.1 Å². The zero-order valence-corrected chi connectivity index (χ0v) is 14.3. The van der Waals surface area contributed by atoms with E-state index in [9.17, 15) is 13.2 Å². The van der Waals surface area contributed by atoms with Gasteiger partial charge in [0.05, 0.1) is 17.5 Å². The zero-order valence-electron chi connectivity index (χ0n) is 14.3. The van der Waals surface area contributed by atoms with Crippen molar-refractivity contribution >= 4 is 0 Å². The van der Waals surface area contributed by atoms with Gasteiger partial charge in [-0.2, -0.15) is 13.2 Å². The quantitative estimate of drug-likeness (QED) is 0.526. The minimum Gasteiger partial charge on any atom is -0.443 e. The van der Waals surface area contributed by atoms with Crippen molar-refractivity contribution in [3.8, 4) is 23.0 Å². The van der Waals surface area contributed by atoms with E-state index in [2.05, 4.69) is 25.1 Å². The highest BCUT2D eigenvalue weighted by Crippen LogP contribution is 2.31. The maximum atomic E-state index is 13.0. The van der Waals surface area contributed by atoms with Crippen molar-refractivity contribution in [2.75, 3.05) is 0 Å². The Morgan fingerprint density at radius 1 is 0.964 bits per heavy atom. The summed E-state index contributed by atoms with van der Waals surface area (Å²) in [7, 11) is 0. The first kappa shape index (κ1) is 17.8. The number of rotatable bonds is 4. The van der Waals surface area contributed by atoms with Gasteiger partial charge in [0.25, 0.3) is 0 Å². The van der Waals surface area contributed by atoms with Crippen LogP contribution in [0.3, 0.4) is 0 Å². The molecule has 0 saturated carbocycles. The molecule has 4 aromatic rings. The molecule has 0 fully saturated rings. The number of aromatic nitrogens is 5. The van der Waals surface area contributed by atoms with Crippen LogP contribution in [0.4, 0.5) is 13.2 Å². The van der Waals surface area contributed by atoms with Gasteiger partial charge in [-0.25, -0.2) is 9.97 Å². The van der Waals surface area contributed by atoms with Crippen LogP contribution < -0.4 is 0 Å². The van der Waals surface area contributed by atoms with Gasteiger partial charge in [-0.1, -0.05) is 12.1 Å². The number of alkyl halides is 3. The second-order valence-corrected chi connectivity index (χ2v) is 5.88. The van der Waals surface area contributed by atoms with E-state index in [0.717, 1.165) is 17.7 Å². The lowest BCUT2D eigenvalue weighted by Crippen LogP contribution is -2.07. The van der Waals surface area contributed by atoms with Crippen LogP contribution in [0, 0.1) is 0 Å². The molecule has 0 saturated heterocycles. The van der Waals surface area contributed by atoms with Crippen molar-refractivity contribution in [2.45, 2.75) is 12.6 Å². The summed E-state index contributed by atoms with van der Waals surface area (Å²) >= 11 is 0.